The van der Waals surface area contributed by atoms with Gasteiger partial charge >= 0.3 is 6.09 Å². The standard InChI is InChI=1S/C6H13NO2/c1-4-6(2,3)9-5(7)8/h4H2,1-3H3,(H2,7,8)/i1D3. The van der Waals surface area contributed by atoms with Gasteiger partial charge in [-0.2, -0.15) is 0 Å². The number of carbonyl (C=O) groups excluding carboxylic acids is 1. The normalized spacial score (nSPS) is 17.3. The second kappa shape index (κ2) is 2.71. The van der Waals surface area contributed by atoms with E-state index < -0.39 is 18.5 Å². The Morgan fingerprint density at radius 2 is 2.44 bits per heavy atom. The zero-order chi connectivity index (χ0) is 9.99. The van der Waals surface area contributed by atoms with Crippen LogP contribution >= 0.6 is 0 Å². The summed E-state index contributed by atoms with van der Waals surface area (Å²) in [5.74, 6) is 0. The van der Waals surface area contributed by atoms with Crippen LogP contribution in [0.3, 0.4) is 0 Å². The number of hydrogen-bond acceptors (Lipinski definition) is 2. The van der Waals surface area contributed by atoms with Gasteiger partial charge in [0.2, 0.25) is 0 Å². The third-order valence-electron chi connectivity index (χ3n) is 0.803. The van der Waals surface area contributed by atoms with E-state index in [0.29, 0.717) is 0 Å². The number of rotatable bonds is 2. The van der Waals surface area contributed by atoms with Crippen LogP contribution in [0.1, 0.15) is 31.2 Å². The van der Waals surface area contributed by atoms with Crippen LogP contribution in [0.15, 0.2) is 0 Å². The zero-order valence-corrected chi connectivity index (χ0v) is 5.60. The van der Waals surface area contributed by atoms with Gasteiger partial charge < -0.3 is 10.5 Å². The van der Waals surface area contributed by atoms with E-state index in [-0.39, 0.29) is 6.42 Å². The van der Waals surface area contributed by atoms with Gasteiger partial charge in [0.05, 0.1) is 0 Å². The third-order valence-corrected chi connectivity index (χ3v) is 0.803. The first kappa shape index (κ1) is 4.14. The molecule has 0 aromatic heterocycles. The Kier molecular flexibility index (Phi) is 1.25. The molecule has 0 bridgehead atoms. The van der Waals surface area contributed by atoms with Crippen LogP contribution in [-0.4, -0.2) is 11.7 Å². The van der Waals surface area contributed by atoms with Crippen LogP contribution in [0.25, 0.3) is 0 Å². The Balaban J connectivity index is 4.13. The molecule has 9 heavy (non-hydrogen) atoms. The molecule has 0 saturated carbocycles. The van der Waals surface area contributed by atoms with Crippen LogP contribution in [0.4, 0.5) is 4.79 Å². The monoisotopic (exact) mass is 134 g/mol. The van der Waals surface area contributed by atoms with Crippen LogP contribution < -0.4 is 5.73 Å². The van der Waals surface area contributed by atoms with Crippen LogP contribution in [0.2, 0.25) is 0 Å². The smallest absolute Gasteiger partial charge is 0.405 e. The molecule has 0 aromatic carbocycles. The minimum absolute atomic E-state index is 0.205. The summed E-state index contributed by atoms with van der Waals surface area (Å²) in [6.45, 7) is 0.896. The summed E-state index contributed by atoms with van der Waals surface area (Å²) in [5, 5.41) is 0. The average molecular weight is 134 g/mol. The maximum atomic E-state index is 10.3. The minimum Gasteiger partial charge on any atom is -0.444 e. The van der Waals surface area contributed by atoms with E-state index in [9.17, 15) is 4.79 Å². The molecular formula is C6H13NO2. The molecule has 0 aliphatic heterocycles. The number of primary amides is 1. The Bertz CT molecular complexity index is 176. The summed E-state index contributed by atoms with van der Waals surface area (Å²) in [6.07, 6.45) is -1.16. The lowest BCUT2D eigenvalue weighted by molar-refractivity contribution is 0.0429. The largest absolute Gasteiger partial charge is 0.444 e. The lowest BCUT2D eigenvalue weighted by Gasteiger charge is -2.21. The van der Waals surface area contributed by atoms with Crippen molar-refractivity contribution in [1.82, 2.24) is 0 Å². The van der Waals surface area contributed by atoms with E-state index in [1.807, 2.05) is 0 Å². The maximum absolute atomic E-state index is 10.3. The fourth-order valence-electron chi connectivity index (χ4n) is 0.308. The highest BCUT2D eigenvalue weighted by atomic mass is 16.6. The van der Waals surface area contributed by atoms with E-state index >= 15 is 0 Å². The molecule has 3 nitrogen and oxygen atoms in total. The van der Waals surface area contributed by atoms with Crippen molar-refractivity contribution in [1.29, 1.82) is 0 Å². The van der Waals surface area contributed by atoms with Crippen molar-refractivity contribution in [2.75, 3.05) is 0 Å². The van der Waals surface area contributed by atoms with Crippen molar-refractivity contribution in [3.63, 3.8) is 0 Å². The molecule has 3 heteroatoms. The summed E-state index contributed by atoms with van der Waals surface area (Å²) in [7, 11) is 0. The van der Waals surface area contributed by atoms with Gasteiger partial charge in [-0.15, -0.1) is 0 Å². The molecule has 1 amide bonds. The van der Waals surface area contributed by atoms with E-state index in [1.54, 1.807) is 0 Å². The van der Waals surface area contributed by atoms with Gasteiger partial charge in [-0.3, -0.25) is 0 Å². The van der Waals surface area contributed by atoms with Crippen molar-refractivity contribution >= 4 is 6.09 Å². The molecule has 0 fully saturated rings. The first-order valence-corrected chi connectivity index (χ1v) is 2.61. The molecule has 0 aromatic rings. The number of carbonyl (C=O) groups is 1. The number of ether oxygens (including phenoxy) is 1. The fraction of sp³-hybridized carbons (Fsp3) is 0.833. The maximum Gasteiger partial charge on any atom is 0.405 e. The molecule has 0 saturated heterocycles. The Morgan fingerprint density at radius 1 is 1.89 bits per heavy atom. The summed E-state index contributed by atoms with van der Waals surface area (Å²) >= 11 is 0. The molecule has 0 unspecified atom stereocenters. The molecular weight excluding hydrogens is 118 g/mol. The lowest BCUT2D eigenvalue weighted by atomic mass is 10.1. The summed E-state index contributed by atoms with van der Waals surface area (Å²) in [4.78, 5) is 10.3. The fourth-order valence-corrected chi connectivity index (χ4v) is 0.308. The third kappa shape index (κ3) is 3.82. The van der Waals surface area contributed by atoms with E-state index in [1.165, 1.54) is 13.8 Å². The minimum atomic E-state index is -2.11. The van der Waals surface area contributed by atoms with Crippen LogP contribution in [0.5, 0.6) is 0 Å². The highest BCUT2D eigenvalue weighted by Gasteiger charge is 2.17. The highest BCUT2D eigenvalue weighted by Crippen LogP contribution is 2.12. The van der Waals surface area contributed by atoms with Crippen LogP contribution in [-0.2, 0) is 4.74 Å². The number of nitrogens with two attached hydrogens (primary N) is 1. The molecule has 0 spiro atoms. The molecule has 0 aliphatic rings. The van der Waals surface area contributed by atoms with Crippen molar-refractivity contribution in [3.05, 3.63) is 0 Å². The second-order valence-corrected chi connectivity index (χ2v) is 2.36. The molecule has 0 heterocycles. The van der Waals surface area contributed by atoms with Gasteiger partial charge in [-0.1, -0.05) is 6.85 Å². The molecule has 54 valence electrons. The molecule has 0 rings (SSSR count). The zero-order valence-electron chi connectivity index (χ0n) is 8.60. The quantitative estimate of drug-likeness (QED) is 0.618. The Labute approximate surface area is 59.4 Å². The van der Waals surface area contributed by atoms with E-state index in [2.05, 4.69) is 4.74 Å². The summed E-state index contributed by atoms with van der Waals surface area (Å²) in [5.41, 5.74) is 3.72. The second-order valence-electron chi connectivity index (χ2n) is 2.36. The van der Waals surface area contributed by atoms with Crippen LogP contribution in [0, 0.1) is 0 Å². The molecule has 0 aliphatic carbocycles. The van der Waals surface area contributed by atoms with Gasteiger partial charge in [0.15, 0.2) is 0 Å². The lowest BCUT2D eigenvalue weighted by Crippen LogP contribution is -2.30. The van der Waals surface area contributed by atoms with Gasteiger partial charge in [-0.25, -0.2) is 4.79 Å². The molecule has 0 atom stereocenters. The van der Waals surface area contributed by atoms with Crippen molar-refractivity contribution in [3.8, 4) is 0 Å². The SMILES string of the molecule is [2H]C([2H])([2H])CC(C)(C)OC(N)=O. The Hall–Kier alpha value is -0.730. The predicted molar refractivity (Wildman–Crippen MR) is 35.0 cm³/mol. The van der Waals surface area contributed by atoms with Gasteiger partial charge in [0, 0.05) is 4.11 Å². The first-order chi connectivity index (χ1) is 5.12. The first-order valence-electron chi connectivity index (χ1n) is 4.11. The van der Waals surface area contributed by atoms with E-state index in [4.69, 9.17) is 9.85 Å². The van der Waals surface area contributed by atoms with Gasteiger partial charge in [0.25, 0.3) is 0 Å². The highest BCUT2D eigenvalue weighted by molar-refractivity contribution is 5.65. The van der Waals surface area contributed by atoms with Crippen molar-refractivity contribution < 1.29 is 13.6 Å². The van der Waals surface area contributed by atoms with Crippen molar-refractivity contribution in [2.24, 2.45) is 5.73 Å². The Morgan fingerprint density at radius 3 is 2.78 bits per heavy atom. The van der Waals surface area contributed by atoms with Crippen molar-refractivity contribution in [2.45, 2.75) is 32.7 Å². The summed E-state index contributed by atoms with van der Waals surface area (Å²) in [6, 6.07) is 0. The number of hydrogen-bond donors (Lipinski definition) is 1. The average Bonchev–Trinajstić information content (AvgIpc) is 1.48. The van der Waals surface area contributed by atoms with Gasteiger partial charge in [-0.05, 0) is 20.3 Å². The summed E-state index contributed by atoms with van der Waals surface area (Å²) < 4.78 is 25.4. The topological polar surface area (TPSA) is 52.3 Å². The molecule has 2 N–H and O–H groups in total. The van der Waals surface area contributed by atoms with E-state index in [0.717, 1.165) is 0 Å². The van der Waals surface area contributed by atoms with Gasteiger partial charge in [0.1, 0.15) is 5.60 Å². The molecule has 0 radical (unpaired) electrons. The predicted octanol–water partition coefficient (Wildman–Crippen LogP) is 1.27. The number of amides is 1.